The van der Waals surface area contributed by atoms with E-state index in [-0.39, 0.29) is 6.29 Å². The standard InChI is InChI=1S/C12H26O3S2/c1-5-7-16-12(17-8-6-2)10-15-9-11(13-3)14-4/h11-12H,5-10H2,1-4H3. The van der Waals surface area contributed by atoms with Gasteiger partial charge in [-0.1, -0.05) is 13.8 Å². The van der Waals surface area contributed by atoms with E-state index < -0.39 is 0 Å². The fourth-order valence-corrected chi connectivity index (χ4v) is 3.48. The first kappa shape index (κ1) is 17.6. The number of ether oxygens (including phenoxy) is 3. The van der Waals surface area contributed by atoms with Crippen LogP contribution in [0.3, 0.4) is 0 Å². The Hall–Kier alpha value is 0.580. The predicted molar refractivity (Wildman–Crippen MR) is 77.9 cm³/mol. The summed E-state index contributed by atoms with van der Waals surface area (Å²) >= 11 is 3.97. The lowest BCUT2D eigenvalue weighted by atomic mass is 10.6. The summed E-state index contributed by atoms with van der Waals surface area (Å²) in [6.07, 6.45) is 2.18. The Morgan fingerprint density at radius 1 is 0.882 bits per heavy atom. The van der Waals surface area contributed by atoms with Crippen LogP contribution in [-0.4, -0.2) is 49.8 Å². The Balaban J connectivity index is 3.72. The van der Waals surface area contributed by atoms with Crippen molar-refractivity contribution < 1.29 is 14.2 Å². The van der Waals surface area contributed by atoms with Gasteiger partial charge in [0.25, 0.3) is 0 Å². The van der Waals surface area contributed by atoms with Crippen LogP contribution in [0.2, 0.25) is 0 Å². The lowest BCUT2D eigenvalue weighted by Crippen LogP contribution is -2.22. The normalized spacial score (nSPS) is 11.6. The van der Waals surface area contributed by atoms with E-state index in [9.17, 15) is 0 Å². The summed E-state index contributed by atoms with van der Waals surface area (Å²) in [4.78, 5) is 0. The Morgan fingerprint density at radius 2 is 1.41 bits per heavy atom. The van der Waals surface area contributed by atoms with Crippen LogP contribution in [0.25, 0.3) is 0 Å². The van der Waals surface area contributed by atoms with Gasteiger partial charge in [-0.05, 0) is 24.3 Å². The van der Waals surface area contributed by atoms with Gasteiger partial charge in [-0.15, -0.1) is 23.5 Å². The highest BCUT2D eigenvalue weighted by atomic mass is 32.2. The van der Waals surface area contributed by atoms with Crippen LogP contribution in [0.4, 0.5) is 0 Å². The molecule has 0 heterocycles. The topological polar surface area (TPSA) is 27.7 Å². The Bertz CT molecular complexity index is 147. The molecule has 0 bridgehead atoms. The number of thioether (sulfide) groups is 2. The summed E-state index contributed by atoms with van der Waals surface area (Å²) in [5.41, 5.74) is 0. The molecule has 5 heteroatoms. The molecule has 0 aliphatic carbocycles. The summed E-state index contributed by atoms with van der Waals surface area (Å²) in [5, 5.41) is 0. The first-order valence-corrected chi connectivity index (χ1v) is 8.24. The van der Waals surface area contributed by atoms with E-state index in [1.165, 1.54) is 24.3 Å². The van der Waals surface area contributed by atoms with Crippen molar-refractivity contribution in [3.05, 3.63) is 0 Å². The maximum absolute atomic E-state index is 5.64. The van der Waals surface area contributed by atoms with Crippen molar-refractivity contribution in [1.29, 1.82) is 0 Å². The van der Waals surface area contributed by atoms with Gasteiger partial charge < -0.3 is 14.2 Å². The molecule has 0 N–H and O–H groups in total. The van der Waals surface area contributed by atoms with Crippen molar-refractivity contribution in [3.63, 3.8) is 0 Å². The van der Waals surface area contributed by atoms with Crippen molar-refractivity contribution in [2.24, 2.45) is 0 Å². The minimum absolute atomic E-state index is 0.247. The average molecular weight is 282 g/mol. The second-order valence-electron chi connectivity index (χ2n) is 3.61. The first-order valence-electron chi connectivity index (χ1n) is 6.14. The van der Waals surface area contributed by atoms with Crippen molar-refractivity contribution in [3.8, 4) is 0 Å². The number of methoxy groups -OCH3 is 2. The molecule has 0 rings (SSSR count). The maximum atomic E-state index is 5.64. The zero-order valence-corrected chi connectivity index (χ0v) is 13.1. The molecule has 0 aliphatic heterocycles. The molecule has 0 unspecified atom stereocenters. The molecule has 0 aliphatic rings. The van der Waals surface area contributed by atoms with Crippen molar-refractivity contribution in [1.82, 2.24) is 0 Å². The minimum atomic E-state index is -0.247. The van der Waals surface area contributed by atoms with Gasteiger partial charge in [0.2, 0.25) is 0 Å². The Kier molecular flexibility index (Phi) is 13.5. The monoisotopic (exact) mass is 282 g/mol. The fraction of sp³-hybridized carbons (Fsp3) is 1.00. The van der Waals surface area contributed by atoms with Crippen LogP contribution in [0.15, 0.2) is 0 Å². The lowest BCUT2D eigenvalue weighted by molar-refractivity contribution is -0.139. The molecule has 17 heavy (non-hydrogen) atoms. The molecule has 104 valence electrons. The Morgan fingerprint density at radius 3 is 1.82 bits per heavy atom. The van der Waals surface area contributed by atoms with E-state index in [1.54, 1.807) is 14.2 Å². The van der Waals surface area contributed by atoms with Crippen molar-refractivity contribution in [2.75, 3.05) is 38.9 Å². The van der Waals surface area contributed by atoms with E-state index in [1.807, 2.05) is 23.5 Å². The molecule has 0 radical (unpaired) electrons. The van der Waals surface area contributed by atoms with E-state index >= 15 is 0 Å². The molecular weight excluding hydrogens is 256 g/mol. The highest BCUT2D eigenvalue weighted by Gasteiger charge is 2.11. The van der Waals surface area contributed by atoms with Gasteiger partial charge in [-0.25, -0.2) is 0 Å². The smallest absolute Gasteiger partial charge is 0.180 e. The fourth-order valence-electron chi connectivity index (χ4n) is 1.14. The Labute approximate surface area is 114 Å². The van der Waals surface area contributed by atoms with Crippen LogP contribution < -0.4 is 0 Å². The van der Waals surface area contributed by atoms with Crippen molar-refractivity contribution in [2.45, 2.75) is 37.6 Å². The van der Waals surface area contributed by atoms with Gasteiger partial charge in [-0.2, -0.15) is 0 Å². The van der Waals surface area contributed by atoms with E-state index in [2.05, 4.69) is 13.8 Å². The van der Waals surface area contributed by atoms with Crippen LogP contribution in [0.1, 0.15) is 26.7 Å². The molecule has 3 nitrogen and oxygen atoms in total. The molecule has 0 aromatic rings. The lowest BCUT2D eigenvalue weighted by Gasteiger charge is -2.18. The summed E-state index contributed by atoms with van der Waals surface area (Å²) < 4.78 is 16.3. The van der Waals surface area contributed by atoms with E-state index in [0.29, 0.717) is 11.2 Å². The maximum Gasteiger partial charge on any atom is 0.180 e. The van der Waals surface area contributed by atoms with Gasteiger partial charge in [-0.3, -0.25) is 0 Å². The molecule has 0 aromatic heterocycles. The third-order valence-corrected chi connectivity index (χ3v) is 5.17. The summed E-state index contributed by atoms with van der Waals surface area (Å²) in [6, 6.07) is 0. The molecule has 0 saturated heterocycles. The van der Waals surface area contributed by atoms with Gasteiger partial charge in [0.1, 0.15) is 0 Å². The summed E-state index contributed by atoms with van der Waals surface area (Å²) in [7, 11) is 3.26. The van der Waals surface area contributed by atoms with Crippen LogP contribution >= 0.6 is 23.5 Å². The summed E-state index contributed by atoms with van der Waals surface area (Å²) in [5.74, 6) is 2.39. The third kappa shape index (κ3) is 10.2. The van der Waals surface area contributed by atoms with E-state index in [4.69, 9.17) is 14.2 Å². The predicted octanol–water partition coefficient (Wildman–Crippen LogP) is 3.23. The van der Waals surface area contributed by atoms with Crippen LogP contribution in [-0.2, 0) is 14.2 Å². The summed E-state index contributed by atoms with van der Waals surface area (Å²) in [6.45, 7) is 5.68. The highest BCUT2D eigenvalue weighted by Crippen LogP contribution is 2.25. The largest absolute Gasteiger partial charge is 0.374 e. The minimum Gasteiger partial charge on any atom is -0.374 e. The van der Waals surface area contributed by atoms with Gasteiger partial charge in [0.15, 0.2) is 6.29 Å². The second-order valence-corrected chi connectivity index (χ2v) is 6.53. The quantitative estimate of drug-likeness (QED) is 0.512. The van der Waals surface area contributed by atoms with Crippen LogP contribution in [0, 0.1) is 0 Å². The molecular formula is C12H26O3S2. The van der Waals surface area contributed by atoms with Gasteiger partial charge in [0.05, 0.1) is 17.8 Å². The number of hydrogen-bond acceptors (Lipinski definition) is 5. The van der Waals surface area contributed by atoms with Crippen molar-refractivity contribution >= 4 is 23.5 Å². The molecule has 0 fully saturated rings. The highest BCUT2D eigenvalue weighted by molar-refractivity contribution is 8.17. The number of rotatable bonds is 12. The zero-order valence-electron chi connectivity index (χ0n) is 11.4. The molecule has 0 spiro atoms. The molecule has 0 atom stereocenters. The molecule has 0 saturated carbocycles. The zero-order chi connectivity index (χ0) is 12.9. The molecule has 0 amide bonds. The SMILES string of the molecule is CCCSC(COCC(OC)OC)SCCC. The average Bonchev–Trinajstić information content (AvgIpc) is 2.37. The second kappa shape index (κ2) is 13.0. The van der Waals surface area contributed by atoms with Gasteiger partial charge >= 0.3 is 0 Å². The first-order chi connectivity index (χ1) is 8.28. The third-order valence-electron chi connectivity index (χ3n) is 2.05. The number of hydrogen-bond donors (Lipinski definition) is 0. The van der Waals surface area contributed by atoms with Crippen LogP contribution in [0.5, 0.6) is 0 Å². The molecule has 0 aromatic carbocycles. The van der Waals surface area contributed by atoms with E-state index in [0.717, 1.165) is 6.61 Å². The van der Waals surface area contributed by atoms with Gasteiger partial charge in [0, 0.05) is 14.2 Å².